The predicted octanol–water partition coefficient (Wildman–Crippen LogP) is 1.24. The summed E-state index contributed by atoms with van der Waals surface area (Å²) in [6, 6.07) is 6.71. The molecular weight excluding hydrogens is 398 g/mol. The molecular formula is C23H31N3O5. The standard InChI is InChI=1S/C23H31N3O5/c1-17(22(29)24-9-11-25-12-14-30-15-13-25)26-10-8-23(7-6-21(26)28)16-19(27)18-4-2-3-5-20(18)31-23/h2-5,17H,6-16H2,1H3,(H,24,29). The van der Waals surface area contributed by atoms with E-state index in [2.05, 4.69) is 10.2 Å². The summed E-state index contributed by atoms with van der Waals surface area (Å²) in [4.78, 5) is 42.1. The van der Waals surface area contributed by atoms with Gasteiger partial charge in [0.2, 0.25) is 11.8 Å². The molecule has 31 heavy (non-hydrogen) atoms. The van der Waals surface area contributed by atoms with Crippen molar-refractivity contribution in [2.24, 2.45) is 0 Å². The Morgan fingerprint density at radius 3 is 2.74 bits per heavy atom. The van der Waals surface area contributed by atoms with Gasteiger partial charge in [0, 0.05) is 45.6 Å². The number of hydrogen-bond donors (Lipinski definition) is 1. The Hall–Kier alpha value is -2.45. The van der Waals surface area contributed by atoms with Crippen LogP contribution in [-0.4, -0.2) is 85.0 Å². The molecule has 3 aliphatic rings. The highest BCUT2D eigenvalue weighted by atomic mass is 16.5. The van der Waals surface area contributed by atoms with E-state index in [0.29, 0.717) is 37.2 Å². The predicted molar refractivity (Wildman–Crippen MR) is 114 cm³/mol. The van der Waals surface area contributed by atoms with Crippen molar-refractivity contribution in [1.82, 2.24) is 15.1 Å². The number of fused-ring (bicyclic) bond motifs is 1. The summed E-state index contributed by atoms with van der Waals surface area (Å²) in [5.74, 6) is 0.427. The lowest BCUT2D eigenvalue weighted by Gasteiger charge is -2.37. The highest BCUT2D eigenvalue weighted by Crippen LogP contribution is 2.39. The van der Waals surface area contributed by atoms with Gasteiger partial charge >= 0.3 is 0 Å². The van der Waals surface area contributed by atoms with Gasteiger partial charge in [-0.3, -0.25) is 19.3 Å². The highest BCUT2D eigenvalue weighted by Gasteiger charge is 2.44. The number of para-hydroxylation sites is 1. The minimum atomic E-state index is -0.678. The third kappa shape index (κ3) is 4.91. The van der Waals surface area contributed by atoms with Gasteiger partial charge in [-0.05, 0) is 25.5 Å². The minimum absolute atomic E-state index is 0.0525. The number of morpholine rings is 1. The van der Waals surface area contributed by atoms with Crippen LogP contribution in [0.5, 0.6) is 5.75 Å². The van der Waals surface area contributed by atoms with Crippen LogP contribution in [0.15, 0.2) is 24.3 Å². The third-order valence-corrected chi connectivity index (χ3v) is 6.60. The molecule has 2 unspecified atom stereocenters. The molecule has 2 atom stereocenters. The number of carbonyl (C=O) groups excluding carboxylic acids is 3. The normalized spacial score (nSPS) is 25.5. The van der Waals surface area contributed by atoms with Gasteiger partial charge in [0.05, 0.1) is 25.2 Å². The minimum Gasteiger partial charge on any atom is -0.486 e. The second-order valence-corrected chi connectivity index (χ2v) is 8.64. The number of benzene rings is 1. The molecule has 2 saturated heterocycles. The first-order valence-electron chi connectivity index (χ1n) is 11.2. The van der Waals surface area contributed by atoms with Gasteiger partial charge in [0.25, 0.3) is 0 Å². The van der Waals surface area contributed by atoms with Crippen molar-refractivity contribution in [3.63, 3.8) is 0 Å². The Bertz CT molecular complexity index is 838. The number of nitrogens with one attached hydrogen (secondary N) is 1. The Kier molecular flexibility index (Phi) is 6.57. The highest BCUT2D eigenvalue weighted by molar-refractivity contribution is 6.00. The largest absolute Gasteiger partial charge is 0.486 e. The number of nitrogens with zero attached hydrogens (tertiary/aromatic N) is 2. The summed E-state index contributed by atoms with van der Waals surface area (Å²) in [6.45, 7) is 6.68. The fourth-order valence-corrected chi connectivity index (χ4v) is 4.64. The molecule has 8 nitrogen and oxygen atoms in total. The molecule has 168 valence electrons. The summed E-state index contributed by atoms with van der Waals surface area (Å²) in [5.41, 5.74) is -0.0730. The second kappa shape index (κ2) is 9.36. The van der Waals surface area contributed by atoms with Crippen LogP contribution < -0.4 is 10.1 Å². The maximum atomic E-state index is 12.8. The zero-order valence-corrected chi connectivity index (χ0v) is 18.1. The van der Waals surface area contributed by atoms with E-state index < -0.39 is 11.6 Å². The average Bonchev–Trinajstić information content (AvgIpc) is 2.93. The van der Waals surface area contributed by atoms with Crippen LogP contribution in [0.1, 0.15) is 43.0 Å². The first kappa shape index (κ1) is 21.8. The molecule has 0 radical (unpaired) electrons. The van der Waals surface area contributed by atoms with Crippen molar-refractivity contribution in [3.8, 4) is 5.75 Å². The molecule has 1 N–H and O–H groups in total. The number of hydrogen-bond acceptors (Lipinski definition) is 6. The molecule has 4 rings (SSSR count). The number of Topliss-reactive ketones (excluding diaryl/α,β-unsaturated/α-hetero) is 1. The van der Waals surface area contributed by atoms with Gasteiger partial charge < -0.3 is 19.7 Å². The van der Waals surface area contributed by atoms with Gasteiger partial charge in [-0.25, -0.2) is 0 Å². The van der Waals surface area contributed by atoms with Crippen molar-refractivity contribution in [3.05, 3.63) is 29.8 Å². The molecule has 2 fully saturated rings. The summed E-state index contributed by atoms with van der Waals surface area (Å²) in [6.07, 6.45) is 1.55. The SMILES string of the molecule is CC(C(=O)NCCN1CCOCC1)N1CCC2(CCC1=O)CC(=O)c1ccccc1O2. The topological polar surface area (TPSA) is 88.2 Å². The summed E-state index contributed by atoms with van der Waals surface area (Å²) in [7, 11) is 0. The molecule has 8 heteroatoms. The van der Waals surface area contributed by atoms with Crippen molar-refractivity contribution >= 4 is 17.6 Å². The number of ketones is 1. The molecule has 3 heterocycles. The summed E-state index contributed by atoms with van der Waals surface area (Å²) >= 11 is 0. The van der Waals surface area contributed by atoms with E-state index in [1.54, 1.807) is 17.9 Å². The molecule has 3 aliphatic heterocycles. The van der Waals surface area contributed by atoms with Crippen molar-refractivity contribution in [2.45, 2.75) is 44.2 Å². The van der Waals surface area contributed by atoms with Gasteiger partial charge in [0.15, 0.2) is 5.78 Å². The number of carbonyl (C=O) groups is 3. The molecule has 1 aromatic carbocycles. The molecule has 0 bridgehead atoms. The Morgan fingerprint density at radius 1 is 1.16 bits per heavy atom. The molecule has 2 amide bonds. The number of ether oxygens (including phenoxy) is 2. The maximum Gasteiger partial charge on any atom is 0.242 e. The van der Waals surface area contributed by atoms with Crippen molar-refractivity contribution < 1.29 is 23.9 Å². The summed E-state index contributed by atoms with van der Waals surface area (Å²) < 4.78 is 11.6. The maximum absolute atomic E-state index is 12.8. The Morgan fingerprint density at radius 2 is 1.94 bits per heavy atom. The van der Waals surface area contributed by atoms with E-state index in [1.165, 1.54) is 0 Å². The van der Waals surface area contributed by atoms with E-state index in [9.17, 15) is 14.4 Å². The quantitative estimate of drug-likeness (QED) is 0.758. The van der Waals surface area contributed by atoms with Crippen LogP contribution in [0.4, 0.5) is 0 Å². The molecule has 0 aliphatic carbocycles. The lowest BCUT2D eigenvalue weighted by molar-refractivity contribution is -0.139. The third-order valence-electron chi connectivity index (χ3n) is 6.60. The van der Waals surface area contributed by atoms with E-state index in [4.69, 9.17) is 9.47 Å². The smallest absolute Gasteiger partial charge is 0.242 e. The van der Waals surface area contributed by atoms with Crippen LogP contribution in [0, 0.1) is 0 Å². The van der Waals surface area contributed by atoms with Gasteiger partial charge in [-0.1, -0.05) is 12.1 Å². The summed E-state index contributed by atoms with van der Waals surface area (Å²) in [5, 5.41) is 2.96. The zero-order valence-electron chi connectivity index (χ0n) is 18.1. The van der Waals surface area contributed by atoms with E-state index in [-0.39, 0.29) is 30.4 Å². The van der Waals surface area contributed by atoms with Gasteiger partial charge in [0.1, 0.15) is 17.4 Å². The lowest BCUT2D eigenvalue weighted by Crippen LogP contribution is -2.50. The van der Waals surface area contributed by atoms with Crippen LogP contribution in [0.2, 0.25) is 0 Å². The van der Waals surface area contributed by atoms with E-state index in [0.717, 1.165) is 32.8 Å². The lowest BCUT2D eigenvalue weighted by atomic mass is 9.84. The molecule has 0 aromatic heterocycles. The van der Waals surface area contributed by atoms with E-state index >= 15 is 0 Å². The average molecular weight is 430 g/mol. The Balaban J connectivity index is 1.34. The Labute approximate surface area is 182 Å². The zero-order chi connectivity index (χ0) is 21.8. The van der Waals surface area contributed by atoms with Crippen molar-refractivity contribution in [1.29, 1.82) is 0 Å². The fraction of sp³-hybridized carbons (Fsp3) is 0.609. The molecule has 1 aromatic rings. The first-order chi connectivity index (χ1) is 15.0. The van der Waals surface area contributed by atoms with Crippen molar-refractivity contribution in [2.75, 3.05) is 45.9 Å². The van der Waals surface area contributed by atoms with Crippen LogP contribution >= 0.6 is 0 Å². The van der Waals surface area contributed by atoms with Gasteiger partial charge in [-0.2, -0.15) is 0 Å². The number of amides is 2. The number of likely N-dealkylation sites (tertiary alicyclic amines) is 1. The van der Waals surface area contributed by atoms with Crippen LogP contribution in [0.25, 0.3) is 0 Å². The van der Waals surface area contributed by atoms with Gasteiger partial charge in [-0.15, -0.1) is 0 Å². The van der Waals surface area contributed by atoms with Crippen LogP contribution in [0.3, 0.4) is 0 Å². The molecule has 0 saturated carbocycles. The fourth-order valence-electron chi connectivity index (χ4n) is 4.64. The second-order valence-electron chi connectivity index (χ2n) is 8.64. The van der Waals surface area contributed by atoms with Crippen LogP contribution in [-0.2, 0) is 14.3 Å². The van der Waals surface area contributed by atoms with E-state index in [1.807, 2.05) is 18.2 Å². The number of rotatable bonds is 5. The molecule has 1 spiro atoms. The first-order valence-corrected chi connectivity index (χ1v) is 11.2. The monoisotopic (exact) mass is 429 g/mol.